The van der Waals surface area contributed by atoms with E-state index in [1.165, 1.54) is 0 Å². The van der Waals surface area contributed by atoms with Crippen LogP contribution in [0.3, 0.4) is 0 Å². The number of esters is 1. The third-order valence-electron chi connectivity index (χ3n) is 2.36. The summed E-state index contributed by atoms with van der Waals surface area (Å²) in [5.41, 5.74) is 6.21. The van der Waals surface area contributed by atoms with Crippen molar-refractivity contribution in [1.82, 2.24) is 4.98 Å². The van der Waals surface area contributed by atoms with Crippen LogP contribution in [-0.4, -0.2) is 35.6 Å². The summed E-state index contributed by atoms with van der Waals surface area (Å²) in [7, 11) is 0. The lowest BCUT2D eigenvalue weighted by atomic mass is 10.3. The van der Waals surface area contributed by atoms with Crippen molar-refractivity contribution < 1.29 is 9.53 Å². The van der Waals surface area contributed by atoms with Crippen LogP contribution in [-0.2, 0) is 9.53 Å². The Morgan fingerprint density at radius 1 is 1.50 bits per heavy atom. The van der Waals surface area contributed by atoms with Crippen molar-refractivity contribution in [1.29, 1.82) is 0 Å². The van der Waals surface area contributed by atoms with Crippen LogP contribution in [0.4, 0.5) is 5.82 Å². The summed E-state index contributed by atoms with van der Waals surface area (Å²) >= 11 is 4.85. The molecule has 1 aromatic heterocycles. The maximum absolute atomic E-state index is 11.4. The van der Waals surface area contributed by atoms with E-state index in [9.17, 15) is 4.79 Å². The van der Waals surface area contributed by atoms with E-state index in [4.69, 9.17) is 22.7 Å². The summed E-state index contributed by atoms with van der Waals surface area (Å²) in [4.78, 5) is 17.8. The highest BCUT2D eigenvalue weighted by atomic mass is 32.1. The van der Waals surface area contributed by atoms with Crippen LogP contribution >= 0.6 is 12.2 Å². The van der Waals surface area contributed by atoms with E-state index in [1.807, 2.05) is 11.8 Å². The Morgan fingerprint density at radius 3 is 2.67 bits per heavy atom. The molecule has 0 fully saturated rings. The molecule has 0 saturated carbocycles. The van der Waals surface area contributed by atoms with E-state index in [0.29, 0.717) is 29.5 Å². The van der Waals surface area contributed by atoms with Gasteiger partial charge in [-0.15, -0.1) is 0 Å². The smallest absolute Gasteiger partial charge is 0.325 e. The summed E-state index contributed by atoms with van der Waals surface area (Å²) < 4.78 is 4.91. The third-order valence-corrected chi connectivity index (χ3v) is 2.60. The van der Waals surface area contributed by atoms with Gasteiger partial charge in [0.1, 0.15) is 17.4 Å². The molecule has 0 saturated heterocycles. The number of rotatable bonds is 6. The first-order valence-electron chi connectivity index (χ1n) is 5.74. The Kier molecular flexibility index (Phi) is 5.51. The maximum atomic E-state index is 11.4. The number of carbonyl (C=O) groups excluding carboxylic acids is 1. The van der Waals surface area contributed by atoms with Gasteiger partial charge in [-0.1, -0.05) is 12.2 Å². The second-order valence-corrected chi connectivity index (χ2v) is 4.03. The Morgan fingerprint density at radius 2 is 2.22 bits per heavy atom. The van der Waals surface area contributed by atoms with Crippen molar-refractivity contribution in [2.24, 2.45) is 5.73 Å². The van der Waals surface area contributed by atoms with Gasteiger partial charge in [0, 0.05) is 18.3 Å². The minimum atomic E-state index is -0.264. The number of hydrogen-bond donors (Lipinski definition) is 1. The minimum absolute atomic E-state index is 0.184. The zero-order valence-electron chi connectivity index (χ0n) is 10.5. The fourth-order valence-electron chi connectivity index (χ4n) is 1.44. The van der Waals surface area contributed by atoms with Gasteiger partial charge in [-0.3, -0.25) is 4.79 Å². The number of nitrogens with zero attached hydrogens (tertiary/aromatic N) is 2. The molecular formula is C12H17N3O2S. The molecule has 0 spiro atoms. The molecule has 18 heavy (non-hydrogen) atoms. The van der Waals surface area contributed by atoms with Crippen LogP contribution in [0.2, 0.25) is 0 Å². The van der Waals surface area contributed by atoms with E-state index < -0.39 is 0 Å². The molecule has 0 aliphatic rings. The lowest BCUT2D eigenvalue weighted by molar-refractivity contribution is -0.141. The Balaban J connectivity index is 2.76. The predicted octanol–water partition coefficient (Wildman–Crippen LogP) is 1.11. The first-order valence-corrected chi connectivity index (χ1v) is 6.15. The number of pyridine rings is 1. The van der Waals surface area contributed by atoms with Gasteiger partial charge >= 0.3 is 5.97 Å². The molecule has 0 unspecified atom stereocenters. The molecular weight excluding hydrogens is 250 g/mol. The van der Waals surface area contributed by atoms with E-state index >= 15 is 0 Å². The van der Waals surface area contributed by atoms with Crippen LogP contribution in [0.25, 0.3) is 0 Å². The van der Waals surface area contributed by atoms with Gasteiger partial charge < -0.3 is 15.4 Å². The molecule has 0 aromatic carbocycles. The lowest BCUT2D eigenvalue weighted by Crippen LogP contribution is -2.31. The van der Waals surface area contributed by atoms with Gasteiger partial charge in [-0.25, -0.2) is 4.98 Å². The molecule has 0 amide bonds. The molecule has 98 valence electrons. The Bertz CT molecular complexity index is 420. The van der Waals surface area contributed by atoms with Crippen molar-refractivity contribution in [3.05, 3.63) is 23.9 Å². The second-order valence-electron chi connectivity index (χ2n) is 3.59. The molecule has 1 aromatic rings. The molecule has 0 aliphatic heterocycles. The molecule has 0 atom stereocenters. The van der Waals surface area contributed by atoms with Crippen LogP contribution < -0.4 is 10.6 Å². The number of thiocarbonyl (C=S) groups is 1. The zero-order chi connectivity index (χ0) is 13.5. The molecule has 2 N–H and O–H groups in total. The van der Waals surface area contributed by atoms with Gasteiger partial charge in [0.15, 0.2) is 0 Å². The molecule has 0 radical (unpaired) electrons. The van der Waals surface area contributed by atoms with Gasteiger partial charge in [-0.05, 0) is 26.0 Å². The molecule has 1 rings (SSSR count). The minimum Gasteiger partial charge on any atom is -0.465 e. The van der Waals surface area contributed by atoms with Crippen LogP contribution in [0.15, 0.2) is 18.3 Å². The number of carbonyl (C=O) groups is 1. The Hall–Kier alpha value is -1.69. The maximum Gasteiger partial charge on any atom is 0.325 e. The first-order chi connectivity index (χ1) is 8.58. The topological polar surface area (TPSA) is 68.5 Å². The second kappa shape index (κ2) is 6.90. The third kappa shape index (κ3) is 3.96. The van der Waals surface area contributed by atoms with Crippen LogP contribution in [0.5, 0.6) is 0 Å². The molecule has 0 bridgehead atoms. The largest absolute Gasteiger partial charge is 0.465 e. The summed E-state index contributed by atoms with van der Waals surface area (Å²) in [6, 6.07) is 3.58. The monoisotopic (exact) mass is 267 g/mol. The van der Waals surface area contributed by atoms with E-state index in [1.54, 1.807) is 25.3 Å². The van der Waals surface area contributed by atoms with Crippen molar-refractivity contribution in [3.8, 4) is 0 Å². The van der Waals surface area contributed by atoms with Crippen molar-refractivity contribution >= 4 is 29.0 Å². The number of ether oxygens (including phenoxy) is 1. The fraction of sp³-hybridized carbons (Fsp3) is 0.417. The highest BCUT2D eigenvalue weighted by Crippen LogP contribution is 2.11. The number of aromatic nitrogens is 1. The van der Waals surface area contributed by atoms with Crippen molar-refractivity contribution in [3.63, 3.8) is 0 Å². The number of nitrogens with two attached hydrogens (primary N) is 1. The SMILES string of the molecule is CCOC(=O)CN(CC)c1ccc(C(N)=S)cn1. The predicted molar refractivity (Wildman–Crippen MR) is 74.6 cm³/mol. The number of hydrogen-bond acceptors (Lipinski definition) is 5. The molecule has 5 nitrogen and oxygen atoms in total. The molecule has 6 heteroatoms. The van der Waals surface area contributed by atoms with Crippen molar-refractivity contribution in [2.45, 2.75) is 13.8 Å². The average Bonchev–Trinajstić information content (AvgIpc) is 2.36. The summed E-state index contributed by atoms with van der Waals surface area (Å²) in [6.45, 7) is 4.96. The molecule has 0 aliphatic carbocycles. The highest BCUT2D eigenvalue weighted by molar-refractivity contribution is 7.80. The van der Waals surface area contributed by atoms with E-state index in [-0.39, 0.29) is 12.5 Å². The van der Waals surface area contributed by atoms with Crippen LogP contribution in [0.1, 0.15) is 19.4 Å². The zero-order valence-corrected chi connectivity index (χ0v) is 11.4. The number of anilines is 1. The van der Waals surface area contributed by atoms with Gasteiger partial charge in [-0.2, -0.15) is 0 Å². The van der Waals surface area contributed by atoms with Crippen molar-refractivity contribution in [2.75, 3.05) is 24.6 Å². The summed E-state index contributed by atoms with van der Waals surface area (Å²) in [5, 5.41) is 0. The highest BCUT2D eigenvalue weighted by Gasteiger charge is 2.11. The van der Waals surface area contributed by atoms with E-state index in [2.05, 4.69) is 4.98 Å². The summed E-state index contributed by atoms with van der Waals surface area (Å²) in [6.07, 6.45) is 1.60. The lowest BCUT2D eigenvalue weighted by Gasteiger charge is -2.20. The molecule has 1 heterocycles. The Labute approximate surface area is 112 Å². The van der Waals surface area contributed by atoms with Gasteiger partial charge in [0.2, 0.25) is 0 Å². The normalized spacial score (nSPS) is 9.89. The van der Waals surface area contributed by atoms with E-state index in [0.717, 1.165) is 0 Å². The quantitative estimate of drug-likeness (QED) is 0.615. The van der Waals surface area contributed by atoms with Gasteiger partial charge in [0.05, 0.1) is 6.61 Å². The average molecular weight is 267 g/mol. The summed E-state index contributed by atoms with van der Waals surface area (Å²) in [5.74, 6) is 0.435. The number of likely N-dealkylation sites (N-methyl/N-ethyl adjacent to an activating group) is 1. The standard InChI is InChI=1S/C12H17N3O2S/c1-3-15(8-11(16)17-4-2)10-6-5-9(7-14-10)12(13)18/h5-7H,3-4,8H2,1-2H3,(H2,13,18). The van der Waals surface area contributed by atoms with Gasteiger partial charge in [0.25, 0.3) is 0 Å². The first kappa shape index (κ1) is 14.4. The van der Waals surface area contributed by atoms with Crippen LogP contribution in [0, 0.1) is 0 Å². The fourth-order valence-corrected chi connectivity index (χ4v) is 1.56.